The second-order valence-corrected chi connectivity index (χ2v) is 24.7. The number of carbonyl (C=O) groups is 20. The van der Waals surface area contributed by atoms with Crippen molar-refractivity contribution >= 4 is 119 Å². The number of hydrogen-bond donors (Lipinski definition) is 27. The third-order valence-electron chi connectivity index (χ3n) is 14.3. The van der Waals surface area contributed by atoms with E-state index in [1.807, 2.05) is 74.5 Å². The lowest BCUT2D eigenvalue weighted by Crippen LogP contribution is -2.49. The van der Waals surface area contributed by atoms with Gasteiger partial charge < -0.3 is 110 Å². The van der Waals surface area contributed by atoms with Gasteiger partial charge in [0.1, 0.15) is 18.1 Å². The third kappa shape index (κ3) is 63.3. The summed E-state index contributed by atoms with van der Waals surface area (Å²) in [5.74, 6) is -15.7. The molecule has 48 nitrogen and oxygen atoms in total. The summed E-state index contributed by atoms with van der Waals surface area (Å²) in [6.45, 7) is 7.30. The van der Waals surface area contributed by atoms with Crippen LogP contribution in [0.3, 0.4) is 0 Å². The first-order chi connectivity index (χ1) is 52.7. The highest BCUT2D eigenvalue weighted by Gasteiger charge is 2.31. The summed E-state index contributed by atoms with van der Waals surface area (Å²) in [4.78, 5) is 213. The fourth-order valence-electron chi connectivity index (χ4n) is 8.60. The van der Waals surface area contributed by atoms with E-state index in [1.54, 1.807) is 4.90 Å². The van der Waals surface area contributed by atoms with Gasteiger partial charge in [0.05, 0.1) is 93.9 Å². The lowest BCUT2D eigenvalue weighted by molar-refractivity contribution is -0.140. The molecule has 1 aliphatic heterocycles. The Kier molecular flexibility index (Phi) is 60.1. The standard InChI is InChI=1S/C12H16N2O3.C11H14N2O3.C8H15N3O4.C8H16N2O3.2C7H13N3O4.C7H12N2O3.C6H11N3O4/c1-8(12(16)17)14-10(11(13)15)7-9-5-3-2-4-6-9;12-11(16)9(13-7-10(14)15)6-8-4-2-1-3-5-8;1-4(8(14)15)11-5(7(10)13)2-3-6(9)12;1-5(2)3-6(8(9)13)10-4-7(11)12;1-3(7(13)14)10-4(6(9)12)2-5(8)11;8-5(11)2-1-4(7(9)14)10-3-6(12)13;8-7(12)5-2-1-3-9(5)4-6(10)11;7-4(10)1-3(6(8)13)9-2-5(11)12/h2-6,8,10,14H,7H2,1H3,(H2,13,15)(H,16,17);1-5,9,13H,6-7H2,(H2,12,16)(H,14,15);4-5,11H,2-3H2,1H3,(H2,9,12)(H2,10,13)(H,14,15);5-6,10H,3-4H2,1-2H3,(H2,9,13)(H,11,12);3-4,10H,2H2,1H3,(H2,8,11)(H2,9,12)(H,13,14);4,10H,1-3H2,(H2,8,11)(H2,9,14)(H,12,13);5H,1-4H2,(H2,8,12)(H,10,11);3,9H,1-2H2,(H2,7,10)(H2,8,13)(H,11,12)/t8?,10-;9-;4?,5-;6-;3?,4-;4-;5-;3-/m00000000/s1. The minimum absolute atomic E-state index is 0.0137. The highest BCUT2D eigenvalue weighted by Crippen LogP contribution is 2.16. The number of nitrogens with zero attached hydrogens (tertiary/aromatic N) is 1. The highest BCUT2D eigenvalue weighted by molar-refractivity contribution is 5.89. The number of primary amides is 12. The normalized spacial score (nSPS) is 14.2. The van der Waals surface area contributed by atoms with E-state index in [2.05, 4.69) is 37.2 Å². The number of aliphatic carboxylic acids is 8. The van der Waals surface area contributed by atoms with Crippen LogP contribution in [-0.4, -0.2) is 270 Å². The third-order valence-corrected chi connectivity index (χ3v) is 14.3. The molecule has 0 aliphatic carbocycles. The quantitative estimate of drug-likeness (QED) is 0.0293. The van der Waals surface area contributed by atoms with Crippen LogP contribution in [0.15, 0.2) is 60.7 Å². The molecule has 48 heteroatoms. The summed E-state index contributed by atoms with van der Waals surface area (Å²) < 4.78 is 0. The first kappa shape index (κ1) is 110. The fourth-order valence-corrected chi connectivity index (χ4v) is 8.60. The summed E-state index contributed by atoms with van der Waals surface area (Å²) in [5.41, 5.74) is 61.6. The SMILES string of the molecule is CC(C)C[C@H](NCC(=O)O)C(N)=O.CC(N[C@@H](CC(N)=O)C(N)=O)C(=O)O.CC(N[C@@H](CCC(N)=O)C(N)=O)C(=O)O.CC(N[C@@H](Cc1ccccc1)C(N)=O)C(=O)O.NC(=O)CC[C@H](NCC(=O)O)C(N)=O.NC(=O)C[C@H](NCC(=O)O)C(N)=O.NC(=O)[C@@H]1CCCN1CC(=O)O.NC(=O)[C@H](Cc1ccccc1)NCC(=O)O. The minimum atomic E-state index is -1.14. The fraction of sp³-hybridized carbons (Fsp3) is 0.515. The Labute approximate surface area is 653 Å². The minimum Gasteiger partial charge on any atom is -0.480 e. The molecule has 12 amide bonds. The summed E-state index contributed by atoms with van der Waals surface area (Å²) in [7, 11) is 0. The second-order valence-electron chi connectivity index (χ2n) is 24.7. The lowest BCUT2D eigenvalue weighted by Gasteiger charge is -2.18. The number of nitrogens with two attached hydrogens (primary N) is 12. The van der Waals surface area contributed by atoms with Crippen molar-refractivity contribution in [3.05, 3.63) is 71.8 Å². The molecule has 3 rings (SSSR count). The molecule has 1 saturated heterocycles. The van der Waals surface area contributed by atoms with Gasteiger partial charge in [-0.1, -0.05) is 74.5 Å². The Hall–Kier alpha value is -12.5. The molecule has 1 fully saturated rings. The Bertz CT molecular complexity index is 3430. The Morgan fingerprint density at radius 3 is 0.965 bits per heavy atom. The largest absolute Gasteiger partial charge is 0.480 e. The Balaban J connectivity index is -0.000000398. The number of benzene rings is 2. The molecule has 1 heterocycles. The number of carboxylic acid groups (broad SMARTS) is 8. The van der Waals surface area contributed by atoms with Crippen LogP contribution >= 0.6 is 0 Å². The van der Waals surface area contributed by atoms with E-state index in [4.69, 9.17) is 110 Å². The van der Waals surface area contributed by atoms with E-state index < -0.39 is 186 Å². The first-order valence-corrected chi connectivity index (χ1v) is 34.0. The van der Waals surface area contributed by atoms with E-state index in [0.29, 0.717) is 38.1 Å². The number of carbonyl (C=O) groups excluding carboxylic acids is 12. The molecule has 114 heavy (non-hydrogen) atoms. The number of hydrogen-bond acceptors (Lipinski definition) is 28. The zero-order valence-corrected chi connectivity index (χ0v) is 63.3. The van der Waals surface area contributed by atoms with Crippen molar-refractivity contribution in [2.75, 3.05) is 39.3 Å². The van der Waals surface area contributed by atoms with Crippen molar-refractivity contribution < 1.29 is 137 Å². The van der Waals surface area contributed by atoms with Crippen molar-refractivity contribution in [1.29, 1.82) is 0 Å². The maximum Gasteiger partial charge on any atom is 0.320 e. The van der Waals surface area contributed by atoms with Gasteiger partial charge in [0.2, 0.25) is 70.9 Å². The van der Waals surface area contributed by atoms with Crippen LogP contribution < -0.4 is 106 Å². The van der Waals surface area contributed by atoms with Gasteiger partial charge >= 0.3 is 47.8 Å². The van der Waals surface area contributed by atoms with E-state index >= 15 is 0 Å². The van der Waals surface area contributed by atoms with Gasteiger partial charge in [0, 0.05) is 12.8 Å². The summed E-state index contributed by atoms with van der Waals surface area (Å²) in [6, 6.07) is 9.91. The van der Waals surface area contributed by atoms with Crippen molar-refractivity contribution in [2.24, 2.45) is 74.7 Å². The van der Waals surface area contributed by atoms with Gasteiger partial charge in [-0.2, -0.15) is 0 Å². The van der Waals surface area contributed by atoms with Crippen molar-refractivity contribution in [3.8, 4) is 0 Å². The molecule has 642 valence electrons. The zero-order chi connectivity index (χ0) is 89.2. The number of likely N-dealkylation sites (tertiary alicyclic amines) is 1. The molecule has 0 saturated carbocycles. The molecule has 0 spiro atoms. The first-order valence-electron chi connectivity index (χ1n) is 34.0. The molecule has 1 aliphatic rings. The maximum absolute atomic E-state index is 11.2. The zero-order valence-electron chi connectivity index (χ0n) is 63.3. The summed E-state index contributed by atoms with van der Waals surface area (Å²) in [5, 5.41) is 85.2. The van der Waals surface area contributed by atoms with E-state index in [1.165, 1.54) is 20.8 Å². The maximum atomic E-state index is 11.2. The van der Waals surface area contributed by atoms with E-state index in [9.17, 15) is 95.9 Å². The molecule has 0 bridgehead atoms. The summed E-state index contributed by atoms with van der Waals surface area (Å²) in [6.07, 6.45) is 2.42. The molecule has 2 aromatic rings. The van der Waals surface area contributed by atoms with E-state index in [0.717, 1.165) is 17.5 Å². The van der Waals surface area contributed by atoms with Gasteiger partial charge in [-0.05, 0) is 89.3 Å². The van der Waals surface area contributed by atoms with Crippen molar-refractivity contribution in [2.45, 2.75) is 172 Å². The molecular formula is C66H110N20O28. The number of amides is 12. The van der Waals surface area contributed by atoms with Crippen LogP contribution in [0.4, 0.5) is 0 Å². The van der Waals surface area contributed by atoms with Crippen LogP contribution in [0.25, 0.3) is 0 Å². The van der Waals surface area contributed by atoms with Crippen LogP contribution in [0.1, 0.15) is 104 Å². The van der Waals surface area contributed by atoms with Crippen LogP contribution in [0, 0.1) is 5.92 Å². The Morgan fingerprint density at radius 1 is 0.368 bits per heavy atom. The molecule has 2 aromatic carbocycles. The van der Waals surface area contributed by atoms with Gasteiger partial charge in [-0.15, -0.1) is 0 Å². The summed E-state index contributed by atoms with van der Waals surface area (Å²) >= 11 is 0. The molecule has 39 N–H and O–H groups in total. The van der Waals surface area contributed by atoms with Crippen LogP contribution in [0.2, 0.25) is 0 Å². The van der Waals surface area contributed by atoms with Gasteiger partial charge in [0.15, 0.2) is 0 Å². The van der Waals surface area contributed by atoms with E-state index in [-0.39, 0.29) is 70.7 Å². The number of rotatable bonds is 47. The smallest absolute Gasteiger partial charge is 0.320 e. The monoisotopic (exact) mass is 1630 g/mol. The topological polar surface area (TPSA) is 903 Å². The van der Waals surface area contributed by atoms with Gasteiger partial charge in [-0.3, -0.25) is 138 Å². The predicted octanol–water partition coefficient (Wildman–Crippen LogP) is -10.4. The highest BCUT2D eigenvalue weighted by atomic mass is 16.4. The molecule has 3 unspecified atom stereocenters. The molecule has 11 atom stereocenters. The average molecular weight is 1630 g/mol. The van der Waals surface area contributed by atoms with Crippen LogP contribution in [0.5, 0.6) is 0 Å². The van der Waals surface area contributed by atoms with Crippen molar-refractivity contribution in [1.82, 2.24) is 42.1 Å². The molecule has 0 radical (unpaired) electrons. The lowest BCUT2D eigenvalue weighted by atomic mass is 10.0. The van der Waals surface area contributed by atoms with Gasteiger partial charge in [-0.25, -0.2) is 0 Å². The Morgan fingerprint density at radius 2 is 0.667 bits per heavy atom. The average Bonchev–Trinajstić information content (AvgIpc) is 1.77. The predicted molar refractivity (Wildman–Crippen MR) is 400 cm³/mol. The molecule has 0 aromatic heterocycles. The second kappa shape index (κ2) is 62.2. The molecular weight excluding hydrogens is 1520 g/mol. The van der Waals surface area contributed by atoms with Crippen molar-refractivity contribution in [3.63, 3.8) is 0 Å². The number of nitrogens with one attached hydrogen (secondary N) is 7. The number of carboxylic acids is 8. The van der Waals surface area contributed by atoms with Crippen LogP contribution in [-0.2, 0) is 109 Å². The van der Waals surface area contributed by atoms with Gasteiger partial charge in [0.25, 0.3) is 0 Å².